The fraction of sp³-hybridized carbons (Fsp3) is 0.923. The van der Waals surface area contributed by atoms with Crippen LogP contribution in [0.3, 0.4) is 0 Å². The molecule has 0 radical (unpaired) electrons. The largest absolute Gasteiger partial charge is 0.336 e. The second-order valence-corrected chi connectivity index (χ2v) is 5.54. The summed E-state index contributed by atoms with van der Waals surface area (Å²) in [5.41, 5.74) is 5.57. The minimum absolute atomic E-state index is 0.182. The molecule has 1 aliphatic rings. The zero-order valence-electron chi connectivity index (χ0n) is 11.0. The highest BCUT2D eigenvalue weighted by molar-refractivity contribution is 5.77. The van der Waals surface area contributed by atoms with Gasteiger partial charge >= 0.3 is 0 Å². The summed E-state index contributed by atoms with van der Waals surface area (Å²) in [6.45, 7) is 7.76. The molecule has 1 atom stereocenters. The number of likely N-dealkylation sites (tertiary alicyclic amines) is 1. The molecule has 1 heterocycles. The SMILES string of the molecule is CCCC1CCC(=O)N(C(C)(C)CN)CC1. The lowest BCUT2D eigenvalue weighted by molar-refractivity contribution is -0.135. The van der Waals surface area contributed by atoms with Gasteiger partial charge in [-0.2, -0.15) is 0 Å². The van der Waals surface area contributed by atoms with Crippen LogP contribution >= 0.6 is 0 Å². The number of hydrogen-bond donors (Lipinski definition) is 1. The van der Waals surface area contributed by atoms with E-state index in [1.807, 2.05) is 4.90 Å². The molecule has 1 saturated heterocycles. The van der Waals surface area contributed by atoms with Crippen molar-refractivity contribution < 1.29 is 4.79 Å². The van der Waals surface area contributed by atoms with E-state index in [0.29, 0.717) is 13.0 Å². The molecule has 0 aliphatic carbocycles. The van der Waals surface area contributed by atoms with E-state index < -0.39 is 0 Å². The number of carbonyl (C=O) groups is 1. The van der Waals surface area contributed by atoms with Crippen LogP contribution in [-0.2, 0) is 4.79 Å². The molecule has 1 fully saturated rings. The molecule has 0 spiro atoms. The molecule has 0 bridgehead atoms. The first-order valence-corrected chi connectivity index (χ1v) is 6.51. The molecule has 0 aromatic carbocycles. The molecule has 1 amide bonds. The van der Waals surface area contributed by atoms with Gasteiger partial charge in [-0.3, -0.25) is 4.79 Å². The summed E-state index contributed by atoms with van der Waals surface area (Å²) in [7, 11) is 0. The number of hydrogen-bond acceptors (Lipinski definition) is 2. The Morgan fingerprint density at radius 2 is 2.12 bits per heavy atom. The van der Waals surface area contributed by atoms with Gasteiger partial charge in [0.05, 0.1) is 0 Å². The van der Waals surface area contributed by atoms with Gasteiger partial charge in [0.2, 0.25) is 5.91 Å². The lowest BCUT2D eigenvalue weighted by Gasteiger charge is -2.37. The molecule has 1 rings (SSSR count). The molecule has 3 heteroatoms. The Morgan fingerprint density at radius 1 is 1.44 bits per heavy atom. The lowest BCUT2D eigenvalue weighted by Crippen LogP contribution is -2.52. The summed E-state index contributed by atoms with van der Waals surface area (Å²) in [5, 5.41) is 0. The maximum absolute atomic E-state index is 12.0. The van der Waals surface area contributed by atoms with Crippen molar-refractivity contribution in [3.63, 3.8) is 0 Å². The summed E-state index contributed by atoms with van der Waals surface area (Å²) >= 11 is 0. The quantitative estimate of drug-likeness (QED) is 0.798. The second kappa shape index (κ2) is 5.67. The molecule has 1 aliphatic heterocycles. The highest BCUT2D eigenvalue weighted by atomic mass is 16.2. The highest BCUT2D eigenvalue weighted by Gasteiger charge is 2.31. The molecule has 3 nitrogen and oxygen atoms in total. The number of amides is 1. The molecular weight excluding hydrogens is 200 g/mol. The van der Waals surface area contributed by atoms with Gasteiger partial charge in [-0.1, -0.05) is 19.8 Å². The van der Waals surface area contributed by atoms with Crippen molar-refractivity contribution in [1.82, 2.24) is 4.90 Å². The average Bonchev–Trinajstić information content (AvgIpc) is 2.42. The van der Waals surface area contributed by atoms with Gasteiger partial charge in [0, 0.05) is 25.0 Å². The van der Waals surface area contributed by atoms with Crippen molar-refractivity contribution in [2.75, 3.05) is 13.1 Å². The zero-order valence-corrected chi connectivity index (χ0v) is 11.0. The van der Waals surface area contributed by atoms with E-state index in [4.69, 9.17) is 5.73 Å². The maximum Gasteiger partial charge on any atom is 0.223 e. The summed E-state index contributed by atoms with van der Waals surface area (Å²) in [5.74, 6) is 1.02. The van der Waals surface area contributed by atoms with Crippen LogP contribution in [-0.4, -0.2) is 29.4 Å². The van der Waals surface area contributed by atoms with Crippen LogP contribution in [0.25, 0.3) is 0 Å². The van der Waals surface area contributed by atoms with E-state index in [9.17, 15) is 4.79 Å². The Labute approximate surface area is 99.4 Å². The van der Waals surface area contributed by atoms with Gasteiger partial charge in [0.25, 0.3) is 0 Å². The first-order valence-electron chi connectivity index (χ1n) is 6.51. The summed E-state index contributed by atoms with van der Waals surface area (Å²) in [4.78, 5) is 14.0. The van der Waals surface area contributed by atoms with Crippen LogP contribution in [0, 0.1) is 5.92 Å². The summed E-state index contributed by atoms with van der Waals surface area (Å²) in [6, 6.07) is 0. The first-order chi connectivity index (χ1) is 7.51. The standard InChI is InChI=1S/C13H26N2O/c1-4-5-11-6-7-12(16)15(9-8-11)13(2,3)10-14/h11H,4-10,14H2,1-3H3. The van der Waals surface area contributed by atoms with Crippen LogP contribution in [0.1, 0.15) is 52.9 Å². The Kier molecular flexibility index (Phi) is 4.78. The minimum atomic E-state index is -0.182. The smallest absolute Gasteiger partial charge is 0.223 e. The third-order valence-corrected chi connectivity index (χ3v) is 3.76. The zero-order chi connectivity index (χ0) is 12.2. The Bertz CT molecular complexity index is 238. The highest BCUT2D eigenvalue weighted by Crippen LogP contribution is 2.26. The van der Waals surface area contributed by atoms with Crippen molar-refractivity contribution in [3.8, 4) is 0 Å². The molecule has 94 valence electrons. The van der Waals surface area contributed by atoms with Crippen LogP contribution < -0.4 is 5.73 Å². The normalized spacial score (nSPS) is 23.4. The van der Waals surface area contributed by atoms with Gasteiger partial charge in [-0.05, 0) is 32.6 Å². The number of nitrogens with two attached hydrogens (primary N) is 1. The van der Waals surface area contributed by atoms with Crippen LogP contribution in [0.4, 0.5) is 0 Å². The van der Waals surface area contributed by atoms with Gasteiger partial charge in [0.1, 0.15) is 0 Å². The molecule has 0 aromatic rings. The monoisotopic (exact) mass is 226 g/mol. The Balaban J connectivity index is 2.64. The van der Waals surface area contributed by atoms with Crippen LogP contribution in [0.5, 0.6) is 0 Å². The fourth-order valence-electron chi connectivity index (χ4n) is 2.49. The van der Waals surface area contributed by atoms with Gasteiger partial charge < -0.3 is 10.6 Å². The molecule has 16 heavy (non-hydrogen) atoms. The Morgan fingerprint density at radius 3 is 2.69 bits per heavy atom. The molecule has 0 aromatic heterocycles. The van der Waals surface area contributed by atoms with E-state index >= 15 is 0 Å². The number of rotatable bonds is 4. The first kappa shape index (κ1) is 13.5. The molecule has 1 unspecified atom stereocenters. The second-order valence-electron chi connectivity index (χ2n) is 5.54. The maximum atomic E-state index is 12.0. The van der Waals surface area contributed by atoms with Gasteiger partial charge in [-0.15, -0.1) is 0 Å². The summed E-state index contributed by atoms with van der Waals surface area (Å²) in [6.07, 6.45) is 5.38. The van der Waals surface area contributed by atoms with Crippen molar-refractivity contribution in [2.24, 2.45) is 11.7 Å². The van der Waals surface area contributed by atoms with E-state index in [-0.39, 0.29) is 11.4 Å². The van der Waals surface area contributed by atoms with E-state index in [1.54, 1.807) is 0 Å². The molecular formula is C13H26N2O. The third-order valence-electron chi connectivity index (χ3n) is 3.76. The lowest BCUT2D eigenvalue weighted by atomic mass is 9.96. The van der Waals surface area contributed by atoms with Crippen molar-refractivity contribution in [2.45, 2.75) is 58.4 Å². The van der Waals surface area contributed by atoms with Crippen LogP contribution in [0.15, 0.2) is 0 Å². The number of carbonyl (C=O) groups excluding carboxylic acids is 1. The summed E-state index contributed by atoms with van der Waals surface area (Å²) < 4.78 is 0. The minimum Gasteiger partial charge on any atom is -0.336 e. The van der Waals surface area contributed by atoms with Gasteiger partial charge in [-0.25, -0.2) is 0 Å². The predicted molar refractivity (Wildman–Crippen MR) is 67.1 cm³/mol. The van der Waals surface area contributed by atoms with Crippen molar-refractivity contribution in [1.29, 1.82) is 0 Å². The van der Waals surface area contributed by atoms with Gasteiger partial charge in [0.15, 0.2) is 0 Å². The third kappa shape index (κ3) is 3.21. The van der Waals surface area contributed by atoms with E-state index in [2.05, 4.69) is 20.8 Å². The van der Waals surface area contributed by atoms with Crippen molar-refractivity contribution >= 4 is 5.91 Å². The molecule has 0 saturated carbocycles. The van der Waals surface area contributed by atoms with Crippen molar-refractivity contribution in [3.05, 3.63) is 0 Å². The Hall–Kier alpha value is -0.570. The topological polar surface area (TPSA) is 46.3 Å². The van der Waals surface area contributed by atoms with E-state index in [1.165, 1.54) is 12.8 Å². The van der Waals surface area contributed by atoms with Crippen LogP contribution in [0.2, 0.25) is 0 Å². The molecule has 2 N–H and O–H groups in total. The fourth-order valence-corrected chi connectivity index (χ4v) is 2.49. The predicted octanol–water partition coefficient (Wildman–Crippen LogP) is 2.15. The number of nitrogens with zero attached hydrogens (tertiary/aromatic N) is 1. The van der Waals surface area contributed by atoms with E-state index in [0.717, 1.165) is 25.3 Å². The average molecular weight is 226 g/mol.